The second-order valence-electron chi connectivity index (χ2n) is 28.5. The molecule has 2 aliphatic heterocycles. The molecule has 2 fully saturated rings. The van der Waals surface area contributed by atoms with Crippen molar-refractivity contribution in [2.45, 2.75) is 421 Å². The van der Waals surface area contributed by atoms with Crippen LogP contribution in [0.3, 0.4) is 0 Å². The second kappa shape index (κ2) is 67.4. The van der Waals surface area contributed by atoms with Gasteiger partial charge in [0, 0.05) is 6.42 Å². The number of nitrogens with one attached hydrogen (secondary N) is 1. The van der Waals surface area contributed by atoms with Crippen LogP contribution in [0.1, 0.15) is 348 Å². The first-order chi connectivity index (χ1) is 48.1. The highest BCUT2D eigenvalue weighted by Gasteiger charge is 2.51. The number of carbonyl (C=O) groups is 1. The molecule has 0 aliphatic carbocycles. The van der Waals surface area contributed by atoms with Crippen molar-refractivity contribution in [3.8, 4) is 0 Å². The summed E-state index contributed by atoms with van der Waals surface area (Å²) in [7, 11) is 0. The van der Waals surface area contributed by atoms with E-state index in [9.17, 15) is 45.6 Å². The summed E-state index contributed by atoms with van der Waals surface area (Å²) >= 11 is 0. The van der Waals surface area contributed by atoms with Gasteiger partial charge in [-0.3, -0.25) is 4.79 Å². The fourth-order valence-electron chi connectivity index (χ4n) is 13.2. The van der Waals surface area contributed by atoms with Crippen molar-refractivity contribution in [1.82, 2.24) is 5.32 Å². The van der Waals surface area contributed by atoms with E-state index in [0.717, 1.165) is 77.0 Å². The first kappa shape index (κ1) is 91.3. The fraction of sp³-hybridized carbons (Fsp3) is 0.821. The number of aliphatic hydroxyl groups excluding tert-OH is 8. The molecule has 0 bridgehead atoms. The van der Waals surface area contributed by atoms with Gasteiger partial charge in [-0.2, -0.15) is 0 Å². The highest BCUT2D eigenvalue weighted by atomic mass is 16.7. The number of ether oxygens (including phenoxy) is 4. The summed E-state index contributed by atoms with van der Waals surface area (Å²) in [6.45, 7) is 2.73. The summed E-state index contributed by atoms with van der Waals surface area (Å²) in [4.78, 5) is 13.4. The highest BCUT2D eigenvalue weighted by Crippen LogP contribution is 2.30. The van der Waals surface area contributed by atoms with Gasteiger partial charge in [0.05, 0.1) is 32.0 Å². The molecule has 0 aromatic rings. The maximum Gasteiger partial charge on any atom is 0.220 e. The van der Waals surface area contributed by atoms with Crippen molar-refractivity contribution in [3.63, 3.8) is 0 Å². The van der Waals surface area contributed by atoms with Crippen LogP contribution in [0.25, 0.3) is 0 Å². The second-order valence-corrected chi connectivity index (χ2v) is 28.5. The number of aliphatic hydroxyl groups is 8. The Bertz CT molecular complexity index is 1970. The van der Waals surface area contributed by atoms with Crippen LogP contribution in [0.4, 0.5) is 0 Å². The largest absolute Gasteiger partial charge is 0.394 e. The van der Waals surface area contributed by atoms with E-state index in [-0.39, 0.29) is 18.9 Å². The number of rotatable bonds is 68. The van der Waals surface area contributed by atoms with E-state index >= 15 is 0 Å². The normalized spacial score (nSPS) is 22.5. The van der Waals surface area contributed by atoms with E-state index in [2.05, 4.69) is 92.1 Å². The molecule has 0 aromatic carbocycles. The van der Waals surface area contributed by atoms with Crippen LogP contribution in [-0.4, -0.2) is 140 Å². The zero-order chi connectivity index (χ0) is 70.8. The molecule has 9 N–H and O–H groups in total. The van der Waals surface area contributed by atoms with Crippen molar-refractivity contribution in [2.24, 2.45) is 0 Å². The number of unbranched alkanes of at least 4 members (excludes halogenated alkanes) is 43. The molecule has 0 radical (unpaired) electrons. The van der Waals surface area contributed by atoms with Crippen molar-refractivity contribution in [1.29, 1.82) is 0 Å². The molecule has 12 atom stereocenters. The third kappa shape index (κ3) is 49.7. The van der Waals surface area contributed by atoms with Gasteiger partial charge in [0.25, 0.3) is 0 Å². The molecule has 2 heterocycles. The number of carbonyl (C=O) groups excluding carboxylic acids is 1. The first-order valence-electron chi connectivity index (χ1n) is 40.8. The van der Waals surface area contributed by atoms with Crippen LogP contribution in [0.15, 0.2) is 85.1 Å². The van der Waals surface area contributed by atoms with Crippen LogP contribution >= 0.6 is 0 Å². The van der Waals surface area contributed by atoms with Crippen LogP contribution in [0, 0.1) is 0 Å². The van der Waals surface area contributed by atoms with E-state index in [4.69, 9.17) is 18.9 Å². The van der Waals surface area contributed by atoms with E-state index in [0.29, 0.717) is 6.42 Å². The maximum absolute atomic E-state index is 13.4. The summed E-state index contributed by atoms with van der Waals surface area (Å²) < 4.78 is 22.9. The van der Waals surface area contributed by atoms with Gasteiger partial charge in [0.1, 0.15) is 48.8 Å². The summed E-state index contributed by atoms with van der Waals surface area (Å²) in [5, 5.41) is 87.7. The topological polar surface area (TPSA) is 228 Å². The van der Waals surface area contributed by atoms with E-state index in [1.54, 1.807) is 6.08 Å². The van der Waals surface area contributed by atoms with E-state index in [1.807, 2.05) is 6.08 Å². The van der Waals surface area contributed by atoms with Gasteiger partial charge >= 0.3 is 0 Å². The molecule has 570 valence electrons. The third-order valence-corrected chi connectivity index (χ3v) is 19.6. The van der Waals surface area contributed by atoms with Crippen LogP contribution in [-0.2, 0) is 23.7 Å². The number of hydrogen-bond donors (Lipinski definition) is 9. The lowest BCUT2D eigenvalue weighted by atomic mass is 9.97. The lowest BCUT2D eigenvalue weighted by molar-refractivity contribution is -0.359. The minimum atomic E-state index is -1.79. The Labute approximate surface area is 599 Å². The highest BCUT2D eigenvalue weighted by molar-refractivity contribution is 5.76. The zero-order valence-electron chi connectivity index (χ0n) is 62.5. The first-order valence-corrected chi connectivity index (χ1v) is 40.8. The van der Waals surface area contributed by atoms with Crippen LogP contribution in [0.2, 0.25) is 0 Å². The molecule has 0 spiro atoms. The average molecular weight is 1380 g/mol. The smallest absolute Gasteiger partial charge is 0.220 e. The van der Waals surface area contributed by atoms with Gasteiger partial charge < -0.3 is 65.1 Å². The van der Waals surface area contributed by atoms with E-state index in [1.165, 1.54) is 244 Å². The average Bonchev–Trinajstić information content (AvgIpc) is 0.793. The molecule has 14 nitrogen and oxygen atoms in total. The Morgan fingerprint density at radius 1 is 0.378 bits per heavy atom. The van der Waals surface area contributed by atoms with Crippen LogP contribution < -0.4 is 5.32 Å². The van der Waals surface area contributed by atoms with Crippen molar-refractivity contribution < 1.29 is 64.6 Å². The Morgan fingerprint density at radius 2 is 0.704 bits per heavy atom. The summed E-state index contributed by atoms with van der Waals surface area (Å²) in [5.74, 6) is -0.234. The maximum atomic E-state index is 13.4. The third-order valence-electron chi connectivity index (χ3n) is 19.6. The molecular weight excluding hydrogens is 1230 g/mol. The summed E-state index contributed by atoms with van der Waals surface area (Å²) in [5.41, 5.74) is 0. The lowest BCUT2D eigenvalue weighted by Gasteiger charge is -2.46. The minimum Gasteiger partial charge on any atom is -0.394 e. The predicted octanol–water partition coefficient (Wildman–Crippen LogP) is 18.7. The molecule has 2 rings (SSSR count). The Hall–Kier alpha value is -2.83. The number of amides is 1. The lowest BCUT2D eigenvalue weighted by Crippen LogP contribution is -2.65. The van der Waals surface area contributed by atoms with Crippen molar-refractivity contribution in [3.05, 3.63) is 85.1 Å². The standard InChI is InChI=1S/C84H151NO13/c1-3-5-7-9-11-13-15-17-19-21-23-25-27-29-30-31-32-33-34-35-36-37-38-39-40-41-42-44-46-48-50-52-54-56-58-60-62-64-66-68-76(89)85-72(71-95-83-81(94)79(92)82(75(70-87)97-83)98-84-80(93)78(91)77(90)74(69-86)96-84)73(88)67-65-63-61-59-57-55-53-51-49-47-45-43-28-26-24-22-20-18-16-14-12-10-8-6-4-2/h5,7,11,13,17,19,23,25,29-30,32-33,65,67,72-75,77-84,86-88,90-94H,3-4,6,8-10,12,14-16,18,20-22,24,26-28,31,34-64,66,68-71H2,1-2H3,(H,85,89)/b7-5-,13-11-,19-17-,25-23-,30-29-,33-32-,67-65+. The zero-order valence-corrected chi connectivity index (χ0v) is 62.5. The molecule has 0 aromatic heterocycles. The quantitative estimate of drug-likeness (QED) is 0.0204. The Balaban J connectivity index is 1.59. The molecule has 12 unspecified atom stereocenters. The molecule has 2 saturated heterocycles. The van der Waals surface area contributed by atoms with Crippen molar-refractivity contribution >= 4 is 5.91 Å². The van der Waals surface area contributed by atoms with Gasteiger partial charge in [0.2, 0.25) is 5.91 Å². The molecule has 2 aliphatic rings. The van der Waals surface area contributed by atoms with E-state index < -0.39 is 86.8 Å². The molecule has 98 heavy (non-hydrogen) atoms. The predicted molar refractivity (Wildman–Crippen MR) is 406 cm³/mol. The SMILES string of the molecule is CC/C=C\C/C=C\C/C=C\C/C=C\C/C=C\C/C=C\CCCCCCCCCCCCCCCCCCCCCCC(=O)NC(COC1OC(CO)C(OC2OC(CO)C(O)C(O)C2O)C(O)C1O)C(O)/C=C/CCCCCCCCCCCCCCCCCCCCCCCCC. The van der Waals surface area contributed by atoms with Gasteiger partial charge in [0.15, 0.2) is 12.6 Å². The van der Waals surface area contributed by atoms with Gasteiger partial charge in [-0.25, -0.2) is 0 Å². The Kier molecular flexibility index (Phi) is 62.7. The Morgan fingerprint density at radius 3 is 1.08 bits per heavy atom. The van der Waals surface area contributed by atoms with Gasteiger partial charge in [-0.15, -0.1) is 0 Å². The van der Waals surface area contributed by atoms with Gasteiger partial charge in [-0.1, -0.05) is 356 Å². The fourth-order valence-corrected chi connectivity index (χ4v) is 13.2. The number of allylic oxidation sites excluding steroid dienone is 13. The molecular formula is C84H151NO13. The summed E-state index contributed by atoms with van der Waals surface area (Å²) in [6, 6.07) is -0.918. The van der Waals surface area contributed by atoms with Gasteiger partial charge in [-0.05, 0) is 70.6 Å². The molecule has 14 heteroatoms. The monoisotopic (exact) mass is 1380 g/mol. The summed E-state index contributed by atoms with van der Waals surface area (Å²) in [6.07, 6.45) is 78.1. The molecule has 0 saturated carbocycles. The molecule has 1 amide bonds. The van der Waals surface area contributed by atoms with Crippen LogP contribution in [0.5, 0.6) is 0 Å². The minimum absolute atomic E-state index is 0.234. The number of hydrogen-bond acceptors (Lipinski definition) is 13. The van der Waals surface area contributed by atoms with Crippen molar-refractivity contribution in [2.75, 3.05) is 19.8 Å².